The van der Waals surface area contributed by atoms with E-state index >= 15 is 0 Å². The number of benzene rings is 2. The van der Waals surface area contributed by atoms with Gasteiger partial charge in [0.15, 0.2) is 11.6 Å². The first-order valence-electron chi connectivity index (χ1n) is 10.5. The number of ether oxygens (including phenoxy) is 3. The van der Waals surface area contributed by atoms with Crippen LogP contribution in [0.2, 0.25) is 0 Å². The zero-order chi connectivity index (χ0) is 22.5. The van der Waals surface area contributed by atoms with Crippen molar-refractivity contribution in [3.8, 4) is 11.5 Å². The number of rotatable bonds is 4. The van der Waals surface area contributed by atoms with Crippen LogP contribution in [-0.2, 0) is 16.1 Å². The van der Waals surface area contributed by atoms with Crippen molar-refractivity contribution in [3.05, 3.63) is 71.3 Å². The summed E-state index contributed by atoms with van der Waals surface area (Å²) in [6.45, 7) is 0.000745. The highest BCUT2D eigenvalue weighted by atomic mass is 16.7. The molecule has 32 heavy (non-hydrogen) atoms. The number of phenols is 1. The van der Waals surface area contributed by atoms with Crippen LogP contribution in [0.5, 0.6) is 11.5 Å². The van der Waals surface area contributed by atoms with Crippen LogP contribution in [0.15, 0.2) is 54.6 Å². The summed E-state index contributed by atoms with van der Waals surface area (Å²) in [6.07, 6.45) is 4.15. The zero-order valence-electron chi connectivity index (χ0n) is 17.4. The fourth-order valence-corrected chi connectivity index (χ4v) is 5.31. The SMILES string of the molecule is CO[C@@]12C=C[C@@H](CC1)[C@@H]1C(=O)c3c(OC(=O)OCc4ccccc4)ccc(O)c3C(=O)[C@H]12. The summed E-state index contributed by atoms with van der Waals surface area (Å²) in [5.74, 6) is -2.58. The monoisotopic (exact) mass is 434 g/mol. The van der Waals surface area contributed by atoms with E-state index in [4.69, 9.17) is 14.2 Å². The number of hydrogen-bond donors (Lipinski definition) is 1. The molecule has 7 nitrogen and oxygen atoms in total. The molecule has 0 unspecified atom stereocenters. The molecule has 2 aromatic carbocycles. The van der Waals surface area contributed by atoms with Crippen molar-refractivity contribution in [2.24, 2.45) is 17.8 Å². The molecule has 1 saturated carbocycles. The van der Waals surface area contributed by atoms with Gasteiger partial charge in [0.25, 0.3) is 0 Å². The lowest BCUT2D eigenvalue weighted by atomic mass is 9.53. The Balaban J connectivity index is 1.48. The van der Waals surface area contributed by atoms with Crippen molar-refractivity contribution >= 4 is 17.7 Å². The number of carbonyl (C=O) groups excluding carboxylic acids is 3. The molecule has 4 aliphatic rings. The van der Waals surface area contributed by atoms with Crippen LogP contribution in [0.4, 0.5) is 4.79 Å². The van der Waals surface area contributed by atoms with Crippen molar-refractivity contribution in [1.29, 1.82) is 0 Å². The van der Waals surface area contributed by atoms with E-state index in [1.807, 2.05) is 30.4 Å². The van der Waals surface area contributed by atoms with Crippen molar-refractivity contribution in [2.45, 2.75) is 25.0 Å². The number of aromatic hydroxyl groups is 1. The molecule has 2 aromatic rings. The predicted octanol–water partition coefficient (Wildman–Crippen LogP) is 4.08. The molecule has 164 valence electrons. The Hall–Kier alpha value is -3.45. The number of carbonyl (C=O) groups is 3. The van der Waals surface area contributed by atoms with Crippen LogP contribution in [0.25, 0.3) is 0 Å². The van der Waals surface area contributed by atoms with E-state index in [9.17, 15) is 19.5 Å². The second-order valence-electron chi connectivity index (χ2n) is 8.41. The lowest BCUT2D eigenvalue weighted by Crippen LogP contribution is -2.58. The van der Waals surface area contributed by atoms with E-state index in [0.717, 1.165) is 5.56 Å². The van der Waals surface area contributed by atoms with E-state index in [0.29, 0.717) is 12.8 Å². The third kappa shape index (κ3) is 3.04. The molecule has 0 saturated heterocycles. The topological polar surface area (TPSA) is 99.1 Å². The smallest absolute Gasteiger partial charge is 0.507 e. The zero-order valence-corrected chi connectivity index (χ0v) is 17.4. The van der Waals surface area contributed by atoms with Crippen molar-refractivity contribution in [3.63, 3.8) is 0 Å². The second-order valence-corrected chi connectivity index (χ2v) is 8.41. The molecule has 7 heteroatoms. The van der Waals surface area contributed by atoms with Gasteiger partial charge in [0, 0.05) is 13.0 Å². The van der Waals surface area contributed by atoms with Crippen molar-refractivity contribution < 1.29 is 33.7 Å². The molecule has 4 aliphatic carbocycles. The standard InChI is InChI=1S/C25H22O7/c1-30-25-11-9-15(10-12-25)18-21(25)23(28)19-16(26)7-8-17(20(19)22(18)27)32-24(29)31-13-14-5-3-2-4-6-14/h2-9,11,15,18,21,26H,10,12-13H2,1H3/t15-,18-,21-,25-/m0/s1. The van der Waals surface area contributed by atoms with Gasteiger partial charge in [0.2, 0.25) is 0 Å². The molecule has 0 aliphatic heterocycles. The van der Waals surface area contributed by atoms with E-state index in [2.05, 4.69) is 0 Å². The van der Waals surface area contributed by atoms with Gasteiger partial charge in [0.05, 0.1) is 22.6 Å². The summed E-state index contributed by atoms with van der Waals surface area (Å²) in [5.41, 5.74) is -0.287. The molecule has 1 N–H and O–H groups in total. The van der Waals surface area contributed by atoms with Gasteiger partial charge >= 0.3 is 6.16 Å². The minimum absolute atomic E-state index is 0.000745. The van der Waals surface area contributed by atoms with Gasteiger partial charge in [-0.3, -0.25) is 9.59 Å². The van der Waals surface area contributed by atoms with Crippen LogP contribution >= 0.6 is 0 Å². The van der Waals surface area contributed by atoms with Gasteiger partial charge in [-0.2, -0.15) is 0 Å². The summed E-state index contributed by atoms with van der Waals surface area (Å²) in [6, 6.07) is 11.7. The van der Waals surface area contributed by atoms with E-state index in [1.54, 1.807) is 12.1 Å². The number of ketones is 2. The highest BCUT2D eigenvalue weighted by Gasteiger charge is 2.60. The van der Waals surface area contributed by atoms with Crippen LogP contribution < -0.4 is 4.74 Å². The Morgan fingerprint density at radius 2 is 1.88 bits per heavy atom. The Bertz CT molecular complexity index is 1140. The molecule has 0 spiro atoms. The fraction of sp³-hybridized carbons (Fsp3) is 0.320. The summed E-state index contributed by atoms with van der Waals surface area (Å²) < 4.78 is 16.2. The van der Waals surface area contributed by atoms with E-state index < -0.39 is 23.6 Å². The first-order chi connectivity index (χ1) is 15.4. The number of allylic oxidation sites excluding steroid dienone is 1. The Morgan fingerprint density at radius 1 is 1.09 bits per heavy atom. The first kappa shape index (κ1) is 20.5. The summed E-state index contributed by atoms with van der Waals surface area (Å²) >= 11 is 0. The third-order valence-electron chi connectivity index (χ3n) is 6.84. The lowest BCUT2D eigenvalue weighted by Gasteiger charge is -2.52. The predicted molar refractivity (Wildman–Crippen MR) is 113 cm³/mol. The maximum absolute atomic E-state index is 13.6. The normalized spacial score (nSPS) is 27.6. The van der Waals surface area contributed by atoms with Gasteiger partial charge in [0.1, 0.15) is 18.1 Å². The number of Topliss-reactive ketones (excluding diaryl/α,β-unsaturated/α-hetero) is 2. The van der Waals surface area contributed by atoms with E-state index in [-0.39, 0.29) is 46.7 Å². The van der Waals surface area contributed by atoms with Gasteiger partial charge in [-0.15, -0.1) is 0 Å². The molecule has 0 amide bonds. The van der Waals surface area contributed by atoms with Gasteiger partial charge in [-0.05, 0) is 36.5 Å². The number of hydrogen-bond acceptors (Lipinski definition) is 7. The van der Waals surface area contributed by atoms with Crippen LogP contribution in [0, 0.1) is 17.8 Å². The quantitative estimate of drug-likeness (QED) is 0.440. The summed E-state index contributed by atoms with van der Waals surface area (Å²) in [4.78, 5) is 39.4. The molecule has 0 heterocycles. The average molecular weight is 434 g/mol. The Kier molecular flexibility index (Phi) is 4.86. The minimum Gasteiger partial charge on any atom is -0.507 e. The maximum atomic E-state index is 13.6. The van der Waals surface area contributed by atoms with Crippen molar-refractivity contribution in [2.75, 3.05) is 7.11 Å². The highest BCUT2D eigenvalue weighted by Crippen LogP contribution is 2.55. The molecule has 4 atom stereocenters. The van der Waals surface area contributed by atoms with Crippen LogP contribution in [0.1, 0.15) is 39.1 Å². The molecule has 0 radical (unpaired) electrons. The third-order valence-corrected chi connectivity index (χ3v) is 6.84. The lowest BCUT2D eigenvalue weighted by molar-refractivity contribution is -0.0693. The molecule has 6 rings (SSSR count). The van der Waals surface area contributed by atoms with Gasteiger partial charge in [-0.25, -0.2) is 4.79 Å². The van der Waals surface area contributed by atoms with Gasteiger partial charge in [-0.1, -0.05) is 42.5 Å². The van der Waals surface area contributed by atoms with Crippen LogP contribution in [0.3, 0.4) is 0 Å². The second kappa shape index (κ2) is 7.60. The molecule has 2 bridgehead atoms. The van der Waals surface area contributed by atoms with Gasteiger partial charge < -0.3 is 19.3 Å². The van der Waals surface area contributed by atoms with Crippen LogP contribution in [-0.4, -0.2) is 35.5 Å². The number of fused-ring (bicyclic) bond motifs is 2. The molecular weight excluding hydrogens is 412 g/mol. The highest BCUT2D eigenvalue weighted by molar-refractivity contribution is 6.19. The molecular formula is C25H22O7. The Labute approximate surface area is 184 Å². The minimum atomic E-state index is -0.998. The van der Waals surface area contributed by atoms with E-state index in [1.165, 1.54) is 19.2 Å². The maximum Gasteiger partial charge on any atom is 0.514 e. The summed E-state index contributed by atoms with van der Waals surface area (Å²) in [5, 5.41) is 10.5. The average Bonchev–Trinajstić information content (AvgIpc) is 2.83. The number of phenolic OH excluding ortho intramolecular Hbond substituents is 1. The Morgan fingerprint density at radius 3 is 2.56 bits per heavy atom. The number of methoxy groups -OCH3 is 1. The largest absolute Gasteiger partial charge is 0.514 e. The fourth-order valence-electron chi connectivity index (χ4n) is 5.31. The molecule has 0 aromatic heterocycles. The first-order valence-corrected chi connectivity index (χ1v) is 10.5. The van der Waals surface area contributed by atoms with Crippen molar-refractivity contribution in [1.82, 2.24) is 0 Å². The molecule has 1 fully saturated rings. The summed E-state index contributed by atoms with van der Waals surface area (Å²) in [7, 11) is 1.53.